The highest BCUT2D eigenvalue weighted by Gasteiger charge is 2.47. The topological polar surface area (TPSA) is 90.5 Å². The van der Waals surface area contributed by atoms with Gasteiger partial charge in [-0.1, -0.05) is 18.2 Å². The Balaban J connectivity index is 2.00. The number of amides is 1. The SMILES string of the molecule is O=C(c1cc(=O)[nH]c2ccccc12)N1CCC(F)(C(=O)O)C1. The zero-order valence-corrected chi connectivity index (χ0v) is 11.5. The number of aromatic amines is 1. The van der Waals surface area contributed by atoms with E-state index in [9.17, 15) is 18.8 Å². The molecule has 114 valence electrons. The highest BCUT2D eigenvalue weighted by atomic mass is 19.1. The van der Waals surface area contributed by atoms with Gasteiger partial charge >= 0.3 is 5.97 Å². The molecule has 0 radical (unpaired) electrons. The Morgan fingerprint density at radius 2 is 2.05 bits per heavy atom. The third kappa shape index (κ3) is 2.24. The number of rotatable bonds is 2. The maximum Gasteiger partial charge on any atom is 0.343 e. The molecule has 3 rings (SSSR count). The Kier molecular flexibility index (Phi) is 3.20. The van der Waals surface area contributed by atoms with E-state index in [1.807, 2.05) is 0 Å². The van der Waals surface area contributed by atoms with Gasteiger partial charge in [-0.2, -0.15) is 0 Å². The number of carboxylic acid groups (broad SMARTS) is 1. The minimum atomic E-state index is -2.42. The van der Waals surface area contributed by atoms with E-state index in [1.54, 1.807) is 24.3 Å². The molecule has 6 nitrogen and oxygen atoms in total. The number of nitrogens with zero attached hydrogens (tertiary/aromatic N) is 1. The number of aromatic nitrogens is 1. The van der Waals surface area contributed by atoms with Crippen LogP contribution in [0.5, 0.6) is 0 Å². The monoisotopic (exact) mass is 304 g/mol. The van der Waals surface area contributed by atoms with E-state index in [0.717, 1.165) is 11.0 Å². The van der Waals surface area contributed by atoms with Gasteiger partial charge < -0.3 is 15.0 Å². The first kappa shape index (κ1) is 14.2. The second-order valence-electron chi connectivity index (χ2n) is 5.34. The molecule has 0 saturated carbocycles. The maximum atomic E-state index is 14.1. The summed E-state index contributed by atoms with van der Waals surface area (Å²) in [5.74, 6) is -2.11. The van der Waals surface area contributed by atoms with E-state index < -0.39 is 29.6 Å². The summed E-state index contributed by atoms with van der Waals surface area (Å²) in [5.41, 5.74) is -2.21. The van der Waals surface area contributed by atoms with Crippen molar-refractivity contribution < 1.29 is 19.1 Å². The molecule has 0 aliphatic carbocycles. The van der Waals surface area contributed by atoms with Gasteiger partial charge in [-0.3, -0.25) is 9.59 Å². The van der Waals surface area contributed by atoms with Crippen LogP contribution in [-0.2, 0) is 4.79 Å². The van der Waals surface area contributed by atoms with Crippen molar-refractivity contribution in [3.8, 4) is 0 Å². The Morgan fingerprint density at radius 3 is 2.73 bits per heavy atom. The smallest absolute Gasteiger partial charge is 0.343 e. The van der Waals surface area contributed by atoms with Gasteiger partial charge in [0.25, 0.3) is 5.91 Å². The van der Waals surface area contributed by atoms with Crippen LogP contribution >= 0.6 is 0 Å². The molecule has 1 atom stereocenters. The predicted molar refractivity (Wildman–Crippen MR) is 76.6 cm³/mol. The van der Waals surface area contributed by atoms with E-state index in [-0.39, 0.29) is 18.5 Å². The largest absolute Gasteiger partial charge is 0.479 e. The summed E-state index contributed by atoms with van der Waals surface area (Å²) in [6.45, 7) is -0.509. The number of carbonyl (C=O) groups excluding carboxylic acids is 1. The van der Waals surface area contributed by atoms with Crippen LogP contribution in [-0.4, -0.2) is 45.6 Å². The molecule has 2 N–H and O–H groups in total. The molecule has 1 aromatic heterocycles. The molecule has 0 bridgehead atoms. The molecule has 2 aromatic rings. The fraction of sp³-hybridized carbons (Fsp3) is 0.267. The van der Waals surface area contributed by atoms with Gasteiger partial charge in [0.15, 0.2) is 0 Å². The second kappa shape index (κ2) is 4.94. The van der Waals surface area contributed by atoms with Crippen molar-refractivity contribution in [2.45, 2.75) is 12.1 Å². The third-order valence-corrected chi connectivity index (χ3v) is 3.87. The van der Waals surface area contributed by atoms with Gasteiger partial charge in [0.05, 0.1) is 12.1 Å². The number of para-hydroxylation sites is 1. The maximum absolute atomic E-state index is 14.1. The van der Waals surface area contributed by atoms with Crippen LogP contribution in [0.4, 0.5) is 4.39 Å². The number of nitrogens with one attached hydrogen (secondary N) is 1. The average Bonchev–Trinajstić information content (AvgIpc) is 2.89. The molecular formula is C15H13FN2O4. The van der Waals surface area contributed by atoms with E-state index >= 15 is 0 Å². The number of hydrogen-bond donors (Lipinski definition) is 2. The van der Waals surface area contributed by atoms with Crippen LogP contribution in [0.2, 0.25) is 0 Å². The number of pyridine rings is 1. The van der Waals surface area contributed by atoms with Crippen molar-refractivity contribution in [1.82, 2.24) is 9.88 Å². The summed E-state index contributed by atoms with van der Waals surface area (Å²) >= 11 is 0. The summed E-state index contributed by atoms with van der Waals surface area (Å²) in [6, 6.07) is 7.93. The van der Waals surface area contributed by atoms with Crippen molar-refractivity contribution in [3.05, 3.63) is 46.2 Å². The summed E-state index contributed by atoms with van der Waals surface area (Å²) in [4.78, 5) is 38.9. The lowest BCUT2D eigenvalue weighted by Gasteiger charge is -2.18. The number of hydrogen-bond acceptors (Lipinski definition) is 3. The van der Waals surface area contributed by atoms with Crippen LogP contribution in [0, 0.1) is 0 Å². The minimum absolute atomic E-state index is 0.00274. The molecule has 7 heteroatoms. The van der Waals surface area contributed by atoms with Gasteiger partial charge in [-0.15, -0.1) is 0 Å². The van der Waals surface area contributed by atoms with Crippen molar-refractivity contribution >= 4 is 22.8 Å². The van der Waals surface area contributed by atoms with Crippen molar-refractivity contribution in [1.29, 1.82) is 0 Å². The van der Waals surface area contributed by atoms with Crippen LogP contribution in [0.3, 0.4) is 0 Å². The number of aliphatic carboxylic acids is 1. The second-order valence-corrected chi connectivity index (χ2v) is 5.34. The number of H-pyrrole nitrogens is 1. The number of benzene rings is 1. The van der Waals surface area contributed by atoms with Crippen LogP contribution < -0.4 is 5.56 Å². The molecule has 1 fully saturated rings. The minimum Gasteiger partial charge on any atom is -0.479 e. The molecule has 2 heterocycles. The average molecular weight is 304 g/mol. The highest BCUT2D eigenvalue weighted by Crippen LogP contribution is 2.28. The molecule has 22 heavy (non-hydrogen) atoms. The number of fused-ring (bicyclic) bond motifs is 1. The fourth-order valence-electron chi connectivity index (χ4n) is 2.67. The Bertz CT molecular complexity index is 832. The molecule has 1 unspecified atom stereocenters. The molecule has 1 amide bonds. The van der Waals surface area contributed by atoms with Gasteiger partial charge in [0.2, 0.25) is 11.2 Å². The predicted octanol–water partition coefficient (Wildman–Crippen LogP) is 1.17. The summed E-state index contributed by atoms with van der Waals surface area (Å²) < 4.78 is 14.1. The molecule has 0 spiro atoms. The molecule has 1 aliphatic heterocycles. The molecular weight excluding hydrogens is 291 g/mol. The van der Waals surface area contributed by atoms with Gasteiger partial charge in [-0.25, -0.2) is 9.18 Å². The van der Waals surface area contributed by atoms with E-state index in [4.69, 9.17) is 5.11 Å². The zero-order chi connectivity index (χ0) is 15.9. The van der Waals surface area contributed by atoms with Crippen molar-refractivity contribution in [2.24, 2.45) is 0 Å². The van der Waals surface area contributed by atoms with Crippen LogP contribution in [0.25, 0.3) is 10.9 Å². The van der Waals surface area contributed by atoms with E-state index in [1.165, 1.54) is 0 Å². The van der Waals surface area contributed by atoms with Gasteiger partial charge in [0.1, 0.15) is 0 Å². The summed E-state index contributed by atoms with van der Waals surface area (Å²) in [6.07, 6.45) is -0.255. The first-order valence-corrected chi connectivity index (χ1v) is 6.74. The number of carboxylic acids is 1. The van der Waals surface area contributed by atoms with E-state index in [2.05, 4.69) is 4.98 Å². The first-order valence-electron chi connectivity index (χ1n) is 6.74. The van der Waals surface area contributed by atoms with Gasteiger partial charge in [-0.05, 0) is 6.07 Å². The Morgan fingerprint density at radius 1 is 1.32 bits per heavy atom. The van der Waals surface area contributed by atoms with E-state index in [0.29, 0.717) is 10.9 Å². The number of likely N-dealkylation sites (tertiary alicyclic amines) is 1. The summed E-state index contributed by atoms with van der Waals surface area (Å²) in [5, 5.41) is 9.43. The van der Waals surface area contributed by atoms with Crippen LogP contribution in [0.1, 0.15) is 16.8 Å². The van der Waals surface area contributed by atoms with Crippen molar-refractivity contribution in [3.63, 3.8) is 0 Å². The van der Waals surface area contributed by atoms with Gasteiger partial charge in [0, 0.05) is 29.9 Å². The Hall–Kier alpha value is -2.70. The van der Waals surface area contributed by atoms with Crippen LogP contribution in [0.15, 0.2) is 35.1 Å². The molecule has 1 aliphatic rings. The number of carbonyl (C=O) groups is 2. The number of halogens is 1. The Labute approximate surface area is 124 Å². The van der Waals surface area contributed by atoms with Crippen molar-refractivity contribution in [2.75, 3.05) is 13.1 Å². The normalized spacial score (nSPS) is 21.2. The zero-order valence-electron chi connectivity index (χ0n) is 11.5. The standard InChI is InChI=1S/C15H13FN2O4/c16-15(14(21)22)5-6-18(8-15)13(20)10-7-12(19)17-11-4-2-1-3-9(10)11/h1-4,7H,5-6,8H2,(H,17,19)(H,21,22). The lowest BCUT2D eigenvalue weighted by atomic mass is 10.1. The highest BCUT2D eigenvalue weighted by molar-refractivity contribution is 6.06. The third-order valence-electron chi connectivity index (χ3n) is 3.87. The quantitative estimate of drug-likeness (QED) is 0.871. The fourth-order valence-corrected chi connectivity index (χ4v) is 2.67. The number of alkyl halides is 1. The molecule has 1 aromatic carbocycles. The first-order chi connectivity index (χ1) is 10.4. The summed E-state index contributed by atoms with van der Waals surface area (Å²) in [7, 11) is 0. The molecule has 1 saturated heterocycles. The lowest BCUT2D eigenvalue weighted by Crippen LogP contribution is -2.39. The lowest BCUT2D eigenvalue weighted by molar-refractivity contribution is -0.149.